The Balaban J connectivity index is 1.08. The summed E-state index contributed by atoms with van der Waals surface area (Å²) in [4.78, 5) is 28.2. The summed E-state index contributed by atoms with van der Waals surface area (Å²) < 4.78 is 0. The third-order valence-electron chi connectivity index (χ3n) is 20.2. The van der Waals surface area contributed by atoms with E-state index < -0.39 is 0 Å². The molecule has 0 bridgehead atoms. The molecule has 93 heavy (non-hydrogen) atoms. The number of hydrogen-bond donors (Lipinski definition) is 0. The Labute approximate surface area is 552 Å². The van der Waals surface area contributed by atoms with E-state index in [-0.39, 0.29) is 16.2 Å². The van der Waals surface area contributed by atoms with Crippen LogP contribution in [0.25, 0.3) is 67.5 Å². The van der Waals surface area contributed by atoms with Crippen molar-refractivity contribution in [1.82, 2.24) is 29.9 Å². The first-order chi connectivity index (χ1) is 45.8. The molecule has 6 heteroatoms. The fourth-order valence-electron chi connectivity index (χ4n) is 15.7. The number of benzene rings is 4. The lowest BCUT2D eigenvalue weighted by molar-refractivity contribution is 0.401. The van der Waals surface area contributed by atoms with Gasteiger partial charge in [-0.15, -0.1) is 0 Å². The predicted octanol–water partition coefficient (Wildman–Crippen LogP) is 21.2. The number of pyridine rings is 6. The maximum atomic E-state index is 4.84. The van der Waals surface area contributed by atoms with Crippen LogP contribution in [0.3, 0.4) is 0 Å². The molecular weight excluding hydrogens is 1130 g/mol. The standard InChI is InChI=1S/C87H84N6/c1-7-13-46-85(47-14-8-2)70-55-61(28-31-64-37-43-76(91-58-64)73-25-19-22-52-88-73)34-40-67(70)79-82(85)80-68-41-35-62(29-32-65-38-44-77(92-59-65)74-26-20-23-53-89-74)56-71(68)86(48-15-9-3,49-16-10-4)84(80)81-69-42-36-63(57-72(69)87(83(79)81,50-17-11-5)51-18-12-6)30-33-66-39-45-78(93-60-66)75-27-21-24-54-90-75/h19-27,34-45,52-60H,7-18,46-51H2,1-6H3. The Bertz CT molecular complexity index is 4010. The zero-order chi connectivity index (χ0) is 63.8. The minimum atomic E-state index is -0.276. The predicted molar refractivity (Wildman–Crippen MR) is 383 cm³/mol. The van der Waals surface area contributed by atoms with E-state index in [1.165, 1.54) is 50.1 Å². The Morgan fingerprint density at radius 3 is 0.742 bits per heavy atom. The fourth-order valence-corrected chi connectivity index (χ4v) is 15.7. The van der Waals surface area contributed by atoms with Crippen LogP contribution in [0.4, 0.5) is 0 Å². The molecule has 0 spiro atoms. The first-order valence-electron chi connectivity index (χ1n) is 34.7. The van der Waals surface area contributed by atoms with Crippen LogP contribution in [-0.4, -0.2) is 29.9 Å². The summed E-state index contributed by atoms with van der Waals surface area (Å²) >= 11 is 0. The van der Waals surface area contributed by atoms with Crippen molar-refractivity contribution in [2.75, 3.05) is 0 Å². The highest BCUT2D eigenvalue weighted by Crippen LogP contribution is 2.71. The second-order valence-electron chi connectivity index (χ2n) is 26.1. The highest BCUT2D eigenvalue weighted by atomic mass is 14.8. The van der Waals surface area contributed by atoms with Crippen molar-refractivity contribution < 1.29 is 0 Å². The zero-order valence-corrected chi connectivity index (χ0v) is 55.2. The number of unbranched alkanes of at least 4 members (excludes halogenated alkanes) is 6. The molecule has 0 radical (unpaired) electrons. The molecule has 4 aromatic carbocycles. The van der Waals surface area contributed by atoms with Gasteiger partial charge in [0.25, 0.3) is 0 Å². The largest absolute Gasteiger partial charge is 0.255 e. The van der Waals surface area contributed by atoms with E-state index in [4.69, 9.17) is 15.0 Å². The average Bonchev–Trinajstić information content (AvgIpc) is 1.48. The van der Waals surface area contributed by atoms with Gasteiger partial charge in [0.05, 0.1) is 34.2 Å². The van der Waals surface area contributed by atoms with Gasteiger partial charge in [-0.25, -0.2) is 0 Å². The molecule has 462 valence electrons. The molecule has 6 nitrogen and oxygen atoms in total. The van der Waals surface area contributed by atoms with Crippen molar-refractivity contribution >= 4 is 0 Å². The Morgan fingerprint density at radius 2 is 0.516 bits per heavy atom. The Morgan fingerprint density at radius 1 is 0.269 bits per heavy atom. The lowest BCUT2D eigenvalue weighted by Gasteiger charge is -2.39. The van der Waals surface area contributed by atoms with Gasteiger partial charge in [0.15, 0.2) is 0 Å². The van der Waals surface area contributed by atoms with Gasteiger partial charge < -0.3 is 0 Å². The molecule has 3 aliphatic carbocycles. The summed E-state index contributed by atoms with van der Waals surface area (Å²) in [6.07, 6.45) is 30.9. The number of hydrogen-bond acceptors (Lipinski definition) is 6. The normalized spacial score (nSPS) is 13.6. The zero-order valence-electron chi connectivity index (χ0n) is 55.2. The molecule has 6 aromatic heterocycles. The molecule has 3 aliphatic rings. The van der Waals surface area contributed by atoms with E-state index in [0.29, 0.717) is 0 Å². The number of rotatable bonds is 21. The van der Waals surface area contributed by atoms with E-state index in [1.807, 2.05) is 110 Å². The highest BCUT2D eigenvalue weighted by molar-refractivity contribution is 6.05. The smallest absolute Gasteiger partial charge is 0.0887 e. The van der Waals surface area contributed by atoms with Crippen molar-refractivity contribution in [1.29, 1.82) is 0 Å². The first kappa shape index (κ1) is 62.3. The second-order valence-corrected chi connectivity index (χ2v) is 26.1. The summed E-state index contributed by atoms with van der Waals surface area (Å²) in [6, 6.07) is 52.4. The van der Waals surface area contributed by atoms with E-state index in [0.717, 1.165) is 183 Å². The summed E-state index contributed by atoms with van der Waals surface area (Å²) in [5.41, 5.74) is 27.9. The summed E-state index contributed by atoms with van der Waals surface area (Å²) in [6.45, 7) is 14.3. The molecule has 0 unspecified atom stereocenters. The molecule has 0 saturated carbocycles. The van der Waals surface area contributed by atoms with Crippen LogP contribution >= 0.6 is 0 Å². The van der Waals surface area contributed by atoms with Gasteiger partial charge in [0.2, 0.25) is 0 Å². The van der Waals surface area contributed by atoms with E-state index in [1.54, 1.807) is 16.7 Å². The first-order valence-corrected chi connectivity index (χ1v) is 34.7. The van der Waals surface area contributed by atoms with Crippen LogP contribution in [-0.2, 0) is 16.2 Å². The van der Waals surface area contributed by atoms with Crippen molar-refractivity contribution in [2.24, 2.45) is 0 Å². The number of aromatic nitrogens is 6. The van der Waals surface area contributed by atoms with Gasteiger partial charge in [-0.1, -0.05) is 191 Å². The molecule has 0 atom stereocenters. The maximum absolute atomic E-state index is 4.84. The number of fused-ring (bicyclic) bond motifs is 12. The molecule has 0 fully saturated rings. The lowest BCUT2D eigenvalue weighted by Crippen LogP contribution is -2.31. The van der Waals surface area contributed by atoms with E-state index in [9.17, 15) is 0 Å². The molecule has 10 aromatic rings. The average molecular weight is 1210 g/mol. The molecule has 0 saturated heterocycles. The van der Waals surface area contributed by atoms with Crippen LogP contribution < -0.4 is 0 Å². The Kier molecular flexibility index (Phi) is 18.6. The van der Waals surface area contributed by atoms with Gasteiger partial charge in [-0.3, -0.25) is 29.9 Å². The molecular formula is C87H84N6. The third-order valence-corrected chi connectivity index (χ3v) is 20.2. The van der Waals surface area contributed by atoms with Crippen LogP contribution in [0.5, 0.6) is 0 Å². The molecule has 0 amide bonds. The molecule has 6 heterocycles. The van der Waals surface area contributed by atoms with E-state index in [2.05, 4.69) is 165 Å². The SMILES string of the molecule is CCCCC1(CCCC)c2cc(C#Cc3ccc(-c4ccccn4)nc3)ccc2-c2c1c1c(c3c2C(CCCC)(CCCC)c2cc(C#Cc4ccc(-c5ccccn5)nc4)ccc2-3)C(CCCC)(CCCC)c2cc(C#Cc3ccc(-c4ccccn4)nc3)ccc2-1. The molecule has 0 N–H and O–H groups in total. The van der Waals surface area contributed by atoms with Gasteiger partial charge in [-0.2, -0.15) is 0 Å². The van der Waals surface area contributed by atoms with Crippen LogP contribution in [0.1, 0.15) is 224 Å². The Hall–Kier alpha value is -9.54. The van der Waals surface area contributed by atoms with Crippen molar-refractivity contribution in [3.8, 4) is 103 Å². The topological polar surface area (TPSA) is 77.3 Å². The highest BCUT2D eigenvalue weighted by Gasteiger charge is 2.57. The maximum Gasteiger partial charge on any atom is 0.0887 e. The van der Waals surface area contributed by atoms with Gasteiger partial charge in [0.1, 0.15) is 0 Å². The van der Waals surface area contributed by atoms with E-state index >= 15 is 0 Å². The number of nitrogens with zero attached hydrogens (tertiary/aromatic N) is 6. The summed E-state index contributed by atoms with van der Waals surface area (Å²) in [5.74, 6) is 21.9. The van der Waals surface area contributed by atoms with Gasteiger partial charge >= 0.3 is 0 Å². The minimum absolute atomic E-state index is 0.276. The fraction of sp³-hybridized carbons (Fsp3) is 0.310. The van der Waals surface area contributed by atoms with Crippen LogP contribution in [0, 0.1) is 35.5 Å². The monoisotopic (exact) mass is 1210 g/mol. The van der Waals surface area contributed by atoms with Crippen molar-refractivity contribution in [3.63, 3.8) is 0 Å². The minimum Gasteiger partial charge on any atom is -0.255 e. The van der Waals surface area contributed by atoms with Gasteiger partial charge in [-0.05, 0) is 214 Å². The summed E-state index contributed by atoms with van der Waals surface area (Å²) in [7, 11) is 0. The molecule has 0 aliphatic heterocycles. The quantitative estimate of drug-likeness (QED) is 0.0667. The van der Waals surface area contributed by atoms with Crippen molar-refractivity contribution in [2.45, 2.75) is 173 Å². The third kappa shape index (κ3) is 11.8. The lowest BCUT2D eigenvalue weighted by atomic mass is 9.63. The molecule has 13 rings (SSSR count). The van der Waals surface area contributed by atoms with Crippen molar-refractivity contribution in [3.05, 3.63) is 250 Å². The van der Waals surface area contributed by atoms with Crippen LogP contribution in [0.15, 0.2) is 183 Å². The second kappa shape index (κ2) is 27.7. The van der Waals surface area contributed by atoms with Gasteiger partial charge in [0, 0.05) is 86.8 Å². The van der Waals surface area contributed by atoms with Crippen LogP contribution in [0.2, 0.25) is 0 Å². The summed E-state index contributed by atoms with van der Waals surface area (Å²) in [5, 5.41) is 0.